The summed E-state index contributed by atoms with van der Waals surface area (Å²) in [7, 11) is 0. The number of phenolic OH excluding ortho intramolecular Hbond substituents is 1. The van der Waals surface area contributed by atoms with E-state index in [1.54, 1.807) is 6.07 Å². The first-order chi connectivity index (χ1) is 15.6. The van der Waals surface area contributed by atoms with Crippen molar-refractivity contribution in [2.45, 2.75) is 44.9 Å². The average Bonchev–Trinajstić information content (AvgIpc) is 2.84. The zero-order valence-corrected chi connectivity index (χ0v) is 18.9. The lowest BCUT2D eigenvalue weighted by molar-refractivity contribution is -0.111. The second-order valence-electron chi connectivity index (χ2n) is 9.09. The largest absolute Gasteiger partial charge is 0.508 e. The second-order valence-corrected chi connectivity index (χ2v) is 9.09. The molecule has 1 N–H and O–H groups in total. The summed E-state index contributed by atoms with van der Waals surface area (Å²) in [6.07, 6.45) is 6.00. The third-order valence-electron chi connectivity index (χ3n) is 6.88. The van der Waals surface area contributed by atoms with Crippen LogP contribution in [0.25, 0.3) is 0 Å². The molecule has 3 heteroatoms. The van der Waals surface area contributed by atoms with E-state index in [9.17, 15) is 9.90 Å². The van der Waals surface area contributed by atoms with Gasteiger partial charge in [0, 0.05) is 24.7 Å². The van der Waals surface area contributed by atoms with Crippen LogP contribution in [0.3, 0.4) is 0 Å². The SMILES string of the molecule is Cc1ccc(O)cc1CCC(Cc1ccc(N2CCC(C=O)CC2)cc1)c1ccccc1. The molecule has 0 spiro atoms. The molecule has 1 saturated heterocycles. The first-order valence-corrected chi connectivity index (χ1v) is 11.7. The van der Waals surface area contributed by atoms with Crippen LogP contribution in [0.1, 0.15) is 47.4 Å². The van der Waals surface area contributed by atoms with Crippen LogP contribution in [0.5, 0.6) is 5.75 Å². The average molecular weight is 428 g/mol. The van der Waals surface area contributed by atoms with Gasteiger partial charge in [-0.25, -0.2) is 0 Å². The van der Waals surface area contributed by atoms with E-state index in [1.807, 2.05) is 12.1 Å². The van der Waals surface area contributed by atoms with Crippen LogP contribution in [0.15, 0.2) is 72.8 Å². The van der Waals surface area contributed by atoms with Gasteiger partial charge in [0.1, 0.15) is 12.0 Å². The van der Waals surface area contributed by atoms with Gasteiger partial charge in [-0.1, -0.05) is 48.5 Å². The molecule has 3 nitrogen and oxygen atoms in total. The second kappa shape index (κ2) is 10.5. The van der Waals surface area contributed by atoms with Crippen LogP contribution >= 0.6 is 0 Å². The molecule has 1 fully saturated rings. The zero-order chi connectivity index (χ0) is 22.3. The van der Waals surface area contributed by atoms with E-state index < -0.39 is 0 Å². The Labute approximate surface area is 191 Å². The number of hydrogen-bond acceptors (Lipinski definition) is 3. The maximum atomic E-state index is 11.0. The highest BCUT2D eigenvalue weighted by Crippen LogP contribution is 2.29. The van der Waals surface area contributed by atoms with Gasteiger partial charge in [0.25, 0.3) is 0 Å². The van der Waals surface area contributed by atoms with Gasteiger partial charge in [-0.3, -0.25) is 0 Å². The van der Waals surface area contributed by atoms with E-state index in [0.29, 0.717) is 11.7 Å². The Morgan fingerprint density at radius 1 is 1.00 bits per heavy atom. The number of anilines is 1. The summed E-state index contributed by atoms with van der Waals surface area (Å²) in [4.78, 5) is 13.4. The van der Waals surface area contributed by atoms with Crippen LogP contribution < -0.4 is 4.90 Å². The minimum absolute atomic E-state index is 0.229. The molecule has 1 aliphatic rings. The number of piperidine rings is 1. The van der Waals surface area contributed by atoms with Crippen LogP contribution in [-0.2, 0) is 17.6 Å². The fourth-order valence-electron chi connectivity index (χ4n) is 4.79. The van der Waals surface area contributed by atoms with Gasteiger partial charge in [-0.2, -0.15) is 0 Å². The Morgan fingerprint density at radius 2 is 1.72 bits per heavy atom. The number of benzene rings is 3. The van der Waals surface area contributed by atoms with E-state index in [-0.39, 0.29) is 5.92 Å². The van der Waals surface area contributed by atoms with Crippen molar-refractivity contribution in [3.05, 3.63) is 95.1 Å². The third-order valence-corrected chi connectivity index (χ3v) is 6.88. The molecular weight excluding hydrogens is 394 g/mol. The lowest BCUT2D eigenvalue weighted by Crippen LogP contribution is -2.34. The van der Waals surface area contributed by atoms with Crippen molar-refractivity contribution in [2.75, 3.05) is 18.0 Å². The van der Waals surface area contributed by atoms with Crippen LogP contribution in [0.4, 0.5) is 5.69 Å². The topological polar surface area (TPSA) is 40.5 Å². The molecule has 1 aliphatic heterocycles. The minimum Gasteiger partial charge on any atom is -0.508 e. The van der Waals surface area contributed by atoms with Crippen molar-refractivity contribution in [1.29, 1.82) is 0 Å². The third kappa shape index (κ3) is 5.59. The fraction of sp³-hybridized carbons (Fsp3) is 0.345. The van der Waals surface area contributed by atoms with Crippen molar-refractivity contribution in [3.8, 4) is 5.75 Å². The highest BCUT2D eigenvalue weighted by molar-refractivity contribution is 5.55. The molecular formula is C29H33NO2. The number of aldehydes is 1. The van der Waals surface area contributed by atoms with E-state index in [4.69, 9.17) is 0 Å². The van der Waals surface area contributed by atoms with Crippen molar-refractivity contribution in [1.82, 2.24) is 0 Å². The Balaban J connectivity index is 1.45. The summed E-state index contributed by atoms with van der Waals surface area (Å²) in [6, 6.07) is 25.4. The predicted molar refractivity (Wildman–Crippen MR) is 131 cm³/mol. The maximum absolute atomic E-state index is 11.0. The normalized spacial score (nSPS) is 15.5. The van der Waals surface area contributed by atoms with Gasteiger partial charge in [0.15, 0.2) is 0 Å². The van der Waals surface area contributed by atoms with Crippen molar-refractivity contribution >= 4 is 12.0 Å². The first kappa shape index (κ1) is 22.1. The van der Waals surface area contributed by atoms with E-state index in [1.165, 1.54) is 27.9 Å². The number of aryl methyl sites for hydroxylation is 2. The summed E-state index contributed by atoms with van der Waals surface area (Å²) < 4.78 is 0. The van der Waals surface area contributed by atoms with Gasteiger partial charge in [0.05, 0.1) is 0 Å². The van der Waals surface area contributed by atoms with Gasteiger partial charge in [0.2, 0.25) is 0 Å². The maximum Gasteiger partial charge on any atom is 0.123 e. The number of carbonyl (C=O) groups is 1. The van der Waals surface area contributed by atoms with Crippen LogP contribution in [0.2, 0.25) is 0 Å². The highest BCUT2D eigenvalue weighted by atomic mass is 16.3. The summed E-state index contributed by atoms with van der Waals surface area (Å²) in [6.45, 7) is 4.03. The van der Waals surface area contributed by atoms with Gasteiger partial charge < -0.3 is 14.8 Å². The molecule has 0 aliphatic carbocycles. The molecule has 0 aromatic heterocycles. The first-order valence-electron chi connectivity index (χ1n) is 11.7. The Bertz CT molecular complexity index is 1010. The van der Waals surface area contributed by atoms with Crippen molar-refractivity contribution < 1.29 is 9.90 Å². The molecule has 4 rings (SSSR count). The molecule has 1 unspecified atom stereocenters. The number of carbonyl (C=O) groups excluding carboxylic acids is 1. The summed E-state index contributed by atoms with van der Waals surface area (Å²) in [5.74, 6) is 0.995. The van der Waals surface area contributed by atoms with Crippen molar-refractivity contribution in [2.24, 2.45) is 5.92 Å². The monoisotopic (exact) mass is 427 g/mol. The van der Waals surface area contributed by atoms with Crippen molar-refractivity contribution in [3.63, 3.8) is 0 Å². The number of hydrogen-bond donors (Lipinski definition) is 1. The fourth-order valence-corrected chi connectivity index (χ4v) is 4.79. The Morgan fingerprint density at radius 3 is 2.41 bits per heavy atom. The zero-order valence-electron chi connectivity index (χ0n) is 18.9. The van der Waals surface area contributed by atoms with Gasteiger partial charge >= 0.3 is 0 Å². The summed E-state index contributed by atoms with van der Waals surface area (Å²) in [5.41, 5.74) is 6.42. The van der Waals surface area contributed by atoms with E-state index in [2.05, 4.69) is 66.4 Å². The highest BCUT2D eigenvalue weighted by Gasteiger charge is 2.19. The Kier molecular flexibility index (Phi) is 7.26. The molecule has 0 saturated carbocycles. The lowest BCUT2D eigenvalue weighted by atomic mass is 9.86. The van der Waals surface area contributed by atoms with Crippen LogP contribution in [0, 0.1) is 12.8 Å². The summed E-state index contributed by atoms with van der Waals surface area (Å²) in [5, 5.41) is 9.90. The molecule has 0 bridgehead atoms. The number of nitrogens with zero attached hydrogens (tertiary/aromatic N) is 1. The molecule has 166 valence electrons. The Hall–Kier alpha value is -3.07. The standard InChI is InChI=1S/C29H33NO2/c1-22-7-14-29(32)20-26(22)10-11-27(25-5-3-2-4-6-25)19-23-8-12-28(13-9-23)30-17-15-24(21-31)16-18-30/h2-9,12-14,20-21,24,27,32H,10-11,15-19H2,1H3. The number of rotatable bonds is 8. The molecule has 3 aromatic rings. The number of phenols is 1. The predicted octanol–water partition coefficient (Wildman–Crippen LogP) is 6.08. The molecule has 1 atom stereocenters. The van der Waals surface area contributed by atoms with Gasteiger partial charge in [-0.05, 0) is 91.5 Å². The van der Waals surface area contributed by atoms with Crippen LogP contribution in [-0.4, -0.2) is 24.5 Å². The smallest absolute Gasteiger partial charge is 0.123 e. The number of aromatic hydroxyl groups is 1. The minimum atomic E-state index is 0.229. The molecule has 1 heterocycles. The van der Waals surface area contributed by atoms with E-state index >= 15 is 0 Å². The molecule has 32 heavy (non-hydrogen) atoms. The quantitative estimate of drug-likeness (QED) is 0.443. The molecule has 0 amide bonds. The molecule has 3 aromatic carbocycles. The van der Waals surface area contributed by atoms with E-state index in [0.717, 1.165) is 51.5 Å². The van der Waals surface area contributed by atoms with Gasteiger partial charge in [-0.15, -0.1) is 0 Å². The lowest BCUT2D eigenvalue weighted by Gasteiger charge is -2.31. The summed E-state index contributed by atoms with van der Waals surface area (Å²) >= 11 is 0. The molecule has 0 radical (unpaired) electrons.